The van der Waals surface area contributed by atoms with Crippen molar-refractivity contribution in [3.63, 3.8) is 0 Å². The molecule has 0 spiro atoms. The van der Waals surface area contributed by atoms with Crippen molar-refractivity contribution in [3.05, 3.63) is 409 Å². The topological polar surface area (TPSA) is 82.8 Å². The maximum Gasteiger partial charge on any atom is 1.00 e. The SMILES string of the molecule is Brc1ccc2c(c1)c1cc(-c3ccccc3)ccc1n2-c1ccccc1.C.CC1(C)OB(c2ccc3c(c2)-c2cc(-c4ccccc4)ccc2C3)OC1(C)C.Clc1nc(-c2ccccc2)nc(-c2ccccc2)n1.[2H]CF.[B].[B].[H-].[Na+].c1ccc(-c2ccc3[nH]c4ccc(-c5ccc6c(c5)c5cc(-c7ccccc7)ccc5n6-c5ccccc5)cc4c3c2)cc1. The van der Waals surface area contributed by atoms with Crippen LogP contribution in [0.1, 0.15) is 49.0 Å². The zero-order valence-electron chi connectivity index (χ0n) is 70.3. The van der Waals surface area contributed by atoms with Crippen molar-refractivity contribution in [2.45, 2.75) is 52.7 Å². The smallest absolute Gasteiger partial charge is 1.00 e. The Labute approximate surface area is 761 Å². The first-order valence-electron chi connectivity index (χ1n) is 40.6. The van der Waals surface area contributed by atoms with Crippen LogP contribution in [0.4, 0.5) is 4.39 Å². The van der Waals surface area contributed by atoms with Gasteiger partial charge in [0, 0.05) is 87.2 Å². The molecular weight excluding hydrogens is 1600 g/mol. The molecule has 1 fully saturated rings. The van der Waals surface area contributed by atoms with E-state index < -0.39 is 7.15 Å². The zero-order chi connectivity index (χ0) is 81.9. The molecule has 1 aliphatic heterocycles. The fourth-order valence-corrected chi connectivity index (χ4v) is 16.8. The molecule has 22 rings (SSSR count). The number of nitrogens with one attached hydrogen (secondary N) is 1. The molecule has 15 heteroatoms. The summed E-state index contributed by atoms with van der Waals surface area (Å²) in [6, 6.07) is 137. The molecule has 2 aliphatic rings. The minimum atomic E-state index is -1.00. The van der Waals surface area contributed by atoms with Crippen molar-refractivity contribution in [1.82, 2.24) is 29.1 Å². The summed E-state index contributed by atoms with van der Waals surface area (Å²) in [6.07, 6.45) is 0.989. The molecule has 1 saturated heterocycles. The first kappa shape index (κ1) is 85.7. The standard InChI is InChI=1S/C42H28N2.C25H25BO2.C24H16BrN.C15H10ClN3.CH3F.CH4.2B.Na.H/c1-4-10-28(11-5-1)30-16-20-39-35(24-30)36-25-32(17-21-40(36)43-39)33-19-23-42-38(27-33)37-26-31(29-12-6-2-7-13-29)18-22-41(37)44(42)34-14-8-3-9-15-34;1-24(2)25(3,4)28-26(27-24)21-13-12-20-14-19-11-10-18(15-22(19)23(20)16-21)17-8-6-5-7-9-17;25-19-12-14-24-22(16-19)21-15-18(17-7-3-1-4-8-17)11-13-23(21)26(24)20-9-5-2-6-10-20;16-15-18-13(11-7-3-1-4-8-11)17-14(19-15)12-9-5-2-6-10-12;1-2;;;;;/h1-27,43H;5-13,15-16H,14H2,1-4H3;1-16H;1-10H;1H3;1H4;;;;/q;;;;;;;;+1;-1/i;;;;1D;;;;;. The van der Waals surface area contributed by atoms with Crippen LogP contribution in [0.3, 0.4) is 0 Å². The van der Waals surface area contributed by atoms with Gasteiger partial charge in [-0.3, -0.25) is 4.39 Å². The van der Waals surface area contributed by atoms with Gasteiger partial charge in [0.15, 0.2) is 11.6 Å². The van der Waals surface area contributed by atoms with Gasteiger partial charge in [-0.05, 0) is 238 Å². The Morgan fingerprint density at radius 1 is 0.366 bits per heavy atom. The van der Waals surface area contributed by atoms with Crippen LogP contribution in [0.25, 0.3) is 166 Å². The van der Waals surface area contributed by atoms with Crippen LogP contribution < -0.4 is 35.0 Å². The predicted octanol–water partition coefficient (Wildman–Crippen LogP) is 25.3. The van der Waals surface area contributed by atoms with Gasteiger partial charge in [0.25, 0.3) is 0 Å². The van der Waals surface area contributed by atoms with Gasteiger partial charge in [-0.25, -0.2) is 4.98 Å². The van der Waals surface area contributed by atoms with Gasteiger partial charge in [-0.15, -0.1) is 0 Å². The monoisotopic (exact) mass is 1690 g/mol. The maximum atomic E-state index is 9.96. The number of alkyl halides is 1. The van der Waals surface area contributed by atoms with Gasteiger partial charge < -0.3 is 24.9 Å². The van der Waals surface area contributed by atoms with E-state index in [0.717, 1.165) is 38.5 Å². The van der Waals surface area contributed by atoms with Crippen molar-refractivity contribution in [2.24, 2.45) is 0 Å². The third-order valence-corrected chi connectivity index (χ3v) is 23.7. The van der Waals surface area contributed by atoms with E-state index in [9.17, 15) is 4.39 Å². The van der Waals surface area contributed by atoms with Crippen LogP contribution >= 0.6 is 27.5 Å². The van der Waals surface area contributed by atoms with Crippen LogP contribution in [0.15, 0.2) is 393 Å². The summed E-state index contributed by atoms with van der Waals surface area (Å²) in [5, 5.41) is 7.73. The molecule has 0 saturated carbocycles. The van der Waals surface area contributed by atoms with E-state index >= 15 is 0 Å². The first-order valence-corrected chi connectivity index (χ1v) is 41.1. The molecule has 0 atom stereocenters. The van der Waals surface area contributed by atoms with E-state index in [2.05, 4.69) is 400 Å². The molecule has 6 radical (unpaired) electrons. The van der Waals surface area contributed by atoms with E-state index in [1.807, 2.05) is 60.7 Å². The molecule has 0 bridgehead atoms. The number of fused-ring (bicyclic) bond motifs is 12. The number of para-hydroxylation sites is 2. The number of H-pyrrole nitrogens is 1. The Bertz CT molecular complexity index is 7040. The van der Waals surface area contributed by atoms with Crippen molar-refractivity contribution < 1.29 is 46.1 Å². The normalized spacial score (nSPS) is 12.6. The first-order chi connectivity index (χ1) is 58.7. The average Bonchev–Trinajstić information content (AvgIpc) is 1.59. The van der Waals surface area contributed by atoms with Crippen molar-refractivity contribution in [3.8, 4) is 101 Å². The van der Waals surface area contributed by atoms with E-state index in [4.69, 9.17) is 22.3 Å². The van der Waals surface area contributed by atoms with Gasteiger partial charge in [-0.2, -0.15) is 9.97 Å². The Hall–Kier alpha value is -12.3. The fraction of sp³-hybridized carbons (Fsp3) is 0.0833. The van der Waals surface area contributed by atoms with Gasteiger partial charge in [-0.1, -0.05) is 302 Å². The van der Waals surface area contributed by atoms with Gasteiger partial charge in [0.05, 0.1) is 41.8 Å². The quantitative estimate of drug-likeness (QED) is 0.138. The summed E-state index contributed by atoms with van der Waals surface area (Å²) in [6.45, 7) is 8.40. The Kier molecular flexibility index (Phi) is 26.5. The third-order valence-electron chi connectivity index (χ3n) is 23.0. The van der Waals surface area contributed by atoms with Crippen LogP contribution in [-0.4, -0.2) is 71.4 Å². The molecule has 4 aromatic heterocycles. The van der Waals surface area contributed by atoms with E-state index in [0.29, 0.717) is 11.6 Å². The van der Waals surface area contributed by atoms with Crippen molar-refractivity contribution in [1.29, 1.82) is 0 Å². The molecule has 16 aromatic carbocycles. The molecule has 8 nitrogen and oxygen atoms in total. The Morgan fingerprint density at radius 2 is 0.659 bits per heavy atom. The molecule has 0 unspecified atom stereocenters. The number of hydrogen-bond donors (Lipinski definition) is 1. The van der Waals surface area contributed by atoms with Crippen molar-refractivity contribution in [2.75, 3.05) is 7.15 Å². The van der Waals surface area contributed by atoms with Crippen molar-refractivity contribution >= 4 is 122 Å². The second-order valence-electron chi connectivity index (χ2n) is 30.8. The van der Waals surface area contributed by atoms with Gasteiger partial charge in [0.1, 0.15) is 0 Å². The van der Waals surface area contributed by atoms with Crippen LogP contribution in [-0.2, 0) is 15.7 Å². The minimum absolute atomic E-state index is 0. The predicted molar refractivity (Wildman–Crippen MR) is 518 cm³/mol. The second-order valence-corrected chi connectivity index (χ2v) is 32.1. The molecule has 592 valence electrons. The molecule has 1 aliphatic carbocycles. The number of halogens is 3. The van der Waals surface area contributed by atoms with Crippen LogP contribution in [0.2, 0.25) is 5.28 Å². The number of hydrogen-bond acceptors (Lipinski definition) is 5. The number of aromatic nitrogens is 6. The summed E-state index contributed by atoms with van der Waals surface area (Å²) in [5.41, 5.74) is 29.6. The summed E-state index contributed by atoms with van der Waals surface area (Å²) < 4.78 is 33.9. The summed E-state index contributed by atoms with van der Waals surface area (Å²) in [7, 11) is -1.32. The second kappa shape index (κ2) is 38.0. The zero-order valence-corrected chi connectivity index (χ0v) is 72.6. The van der Waals surface area contributed by atoms with Crippen LogP contribution in [0, 0.1) is 0 Å². The van der Waals surface area contributed by atoms with E-state index in [1.54, 1.807) is 0 Å². The third kappa shape index (κ3) is 17.9. The van der Waals surface area contributed by atoms with Gasteiger partial charge in [0.2, 0.25) is 5.28 Å². The summed E-state index contributed by atoms with van der Waals surface area (Å²) in [4.78, 5) is 16.4. The largest absolute Gasteiger partial charge is 1.00 e. The molecular formula is C108H87B3BrClFN6NaO2. The van der Waals surface area contributed by atoms with Gasteiger partial charge >= 0.3 is 36.7 Å². The van der Waals surface area contributed by atoms with E-state index in [-0.39, 0.29) is 78.8 Å². The number of nitrogens with zero attached hydrogens (tertiary/aromatic N) is 5. The summed E-state index contributed by atoms with van der Waals surface area (Å²) in [5.74, 6) is 1.17. The number of aromatic amines is 1. The Morgan fingerprint density at radius 3 is 1.04 bits per heavy atom. The summed E-state index contributed by atoms with van der Waals surface area (Å²) >= 11 is 9.63. The molecule has 1 N–H and O–H groups in total. The van der Waals surface area contributed by atoms with Crippen LogP contribution in [0.5, 0.6) is 0 Å². The molecule has 5 heterocycles. The van der Waals surface area contributed by atoms with E-state index in [1.165, 1.54) is 144 Å². The fourth-order valence-electron chi connectivity index (χ4n) is 16.3. The Balaban J connectivity index is 0.000000146. The molecule has 20 aromatic rings. The number of rotatable bonds is 10. The number of benzene rings is 16. The maximum absolute atomic E-state index is 9.96. The molecule has 123 heavy (non-hydrogen) atoms. The molecule has 0 amide bonds. The average molecular weight is 1690 g/mol. The minimum Gasteiger partial charge on any atom is -1.00 e.